The van der Waals surface area contributed by atoms with E-state index in [-0.39, 0.29) is 6.10 Å². The monoisotopic (exact) mass is 306 g/mol. The van der Waals surface area contributed by atoms with E-state index in [9.17, 15) is 5.26 Å². The summed E-state index contributed by atoms with van der Waals surface area (Å²) in [6.07, 6.45) is 2.62. The molecule has 0 amide bonds. The molecule has 2 saturated heterocycles. The van der Waals surface area contributed by atoms with Gasteiger partial charge in [-0.15, -0.1) is 11.3 Å². The van der Waals surface area contributed by atoms with Crippen molar-refractivity contribution >= 4 is 22.0 Å². The Bertz CT molecular complexity index is 563. The van der Waals surface area contributed by atoms with E-state index < -0.39 is 0 Å². The molecule has 114 valence electrons. The highest BCUT2D eigenvalue weighted by Gasteiger charge is 2.33. The normalized spacial score (nSPS) is 22.4. The first kappa shape index (κ1) is 14.5. The fourth-order valence-electron chi connectivity index (χ4n) is 3.23. The fraction of sp³-hybridized carbons (Fsp3) is 0.667. The van der Waals surface area contributed by atoms with Crippen LogP contribution in [0.3, 0.4) is 0 Å². The second-order valence-corrected chi connectivity index (χ2v) is 7.03. The third kappa shape index (κ3) is 2.68. The summed E-state index contributed by atoms with van der Waals surface area (Å²) in [5.41, 5.74) is 6.60. The van der Waals surface area contributed by atoms with Gasteiger partial charge in [0, 0.05) is 25.7 Å². The van der Waals surface area contributed by atoms with Crippen LogP contribution in [0.25, 0.3) is 0 Å². The maximum atomic E-state index is 9.24. The number of hydrogen-bond acceptors (Lipinski definition) is 6. The van der Waals surface area contributed by atoms with Gasteiger partial charge in [-0.25, -0.2) is 0 Å². The Balaban J connectivity index is 1.88. The lowest BCUT2D eigenvalue weighted by molar-refractivity contribution is 0.226. The zero-order valence-corrected chi connectivity index (χ0v) is 13.4. The minimum absolute atomic E-state index is 0.0555. The number of hydrogen-bond donors (Lipinski definition) is 1. The molecular weight excluding hydrogens is 284 g/mol. The summed E-state index contributed by atoms with van der Waals surface area (Å²) >= 11 is 1.47. The molecule has 0 aromatic carbocycles. The molecule has 2 aliphatic heterocycles. The van der Waals surface area contributed by atoms with Gasteiger partial charge in [-0.1, -0.05) is 0 Å². The molecule has 3 rings (SSSR count). The standard InChI is InChI=1S/C15H22N4OS/c1-10(2)20-14-13(17)12(8-16)21-15(14)19-7-6-18-5-3-4-11(18)9-19/h10-11H,3-7,9,17H2,1-2H3. The number of rotatable bonds is 3. The molecule has 3 heterocycles. The highest BCUT2D eigenvalue weighted by Crippen LogP contribution is 2.46. The lowest BCUT2D eigenvalue weighted by Gasteiger charge is -2.38. The van der Waals surface area contributed by atoms with Crippen molar-refractivity contribution in [3.63, 3.8) is 0 Å². The molecule has 5 nitrogen and oxygen atoms in total. The second kappa shape index (κ2) is 5.74. The third-order valence-corrected chi connectivity index (χ3v) is 5.36. The van der Waals surface area contributed by atoms with E-state index in [1.54, 1.807) is 0 Å². The van der Waals surface area contributed by atoms with Crippen LogP contribution in [0.4, 0.5) is 10.7 Å². The van der Waals surface area contributed by atoms with E-state index >= 15 is 0 Å². The SMILES string of the molecule is CC(C)Oc1c(N2CCN3CCCC3C2)sc(C#N)c1N. The summed E-state index contributed by atoms with van der Waals surface area (Å²) in [4.78, 5) is 5.49. The highest BCUT2D eigenvalue weighted by atomic mass is 32.1. The summed E-state index contributed by atoms with van der Waals surface area (Å²) in [6, 6.07) is 2.83. The van der Waals surface area contributed by atoms with Crippen LogP contribution in [-0.2, 0) is 0 Å². The molecule has 1 unspecified atom stereocenters. The van der Waals surface area contributed by atoms with Crippen molar-refractivity contribution in [1.82, 2.24) is 4.90 Å². The highest BCUT2D eigenvalue weighted by molar-refractivity contribution is 7.17. The zero-order chi connectivity index (χ0) is 15.0. The topological polar surface area (TPSA) is 65.5 Å². The number of nitrogen functional groups attached to an aromatic ring is 1. The molecule has 2 aliphatic rings. The van der Waals surface area contributed by atoms with Gasteiger partial charge in [-0.05, 0) is 33.2 Å². The zero-order valence-electron chi connectivity index (χ0n) is 12.6. The van der Waals surface area contributed by atoms with Gasteiger partial charge in [0.15, 0.2) is 5.75 Å². The van der Waals surface area contributed by atoms with E-state index in [0.29, 0.717) is 22.4 Å². The van der Waals surface area contributed by atoms with Gasteiger partial charge in [-0.3, -0.25) is 4.90 Å². The maximum absolute atomic E-state index is 9.24. The van der Waals surface area contributed by atoms with Crippen molar-refractivity contribution in [3.8, 4) is 11.8 Å². The van der Waals surface area contributed by atoms with Crippen LogP contribution in [0, 0.1) is 11.3 Å². The minimum atomic E-state index is 0.0555. The summed E-state index contributed by atoms with van der Waals surface area (Å²) in [6.45, 7) is 8.29. The number of fused-ring (bicyclic) bond motifs is 1. The van der Waals surface area contributed by atoms with E-state index in [4.69, 9.17) is 10.5 Å². The van der Waals surface area contributed by atoms with Gasteiger partial charge in [0.25, 0.3) is 0 Å². The third-order valence-electron chi connectivity index (χ3n) is 4.21. The van der Waals surface area contributed by atoms with Gasteiger partial charge in [0.05, 0.1) is 6.10 Å². The number of anilines is 2. The average molecular weight is 306 g/mol. The van der Waals surface area contributed by atoms with E-state index in [2.05, 4.69) is 15.9 Å². The summed E-state index contributed by atoms with van der Waals surface area (Å²) in [5, 5.41) is 10.3. The van der Waals surface area contributed by atoms with Gasteiger partial charge in [0.1, 0.15) is 21.6 Å². The Kier molecular flexibility index (Phi) is 3.96. The number of nitrogens with two attached hydrogens (primary N) is 1. The van der Waals surface area contributed by atoms with Crippen molar-refractivity contribution in [2.24, 2.45) is 0 Å². The first-order chi connectivity index (χ1) is 10.1. The van der Waals surface area contributed by atoms with E-state index in [1.165, 1.54) is 30.7 Å². The maximum Gasteiger partial charge on any atom is 0.178 e. The van der Waals surface area contributed by atoms with E-state index in [0.717, 1.165) is 24.6 Å². The molecule has 6 heteroatoms. The number of nitrogens with zero attached hydrogens (tertiary/aromatic N) is 3. The molecule has 1 aromatic heterocycles. The van der Waals surface area contributed by atoms with Crippen molar-refractivity contribution in [2.45, 2.75) is 38.8 Å². The number of thiophene rings is 1. The molecule has 1 atom stereocenters. The lowest BCUT2D eigenvalue weighted by Crippen LogP contribution is -2.50. The summed E-state index contributed by atoms with van der Waals surface area (Å²) in [7, 11) is 0. The van der Waals surface area contributed by atoms with Gasteiger partial charge in [-0.2, -0.15) is 5.26 Å². The Morgan fingerprint density at radius 1 is 1.38 bits per heavy atom. The molecule has 2 fully saturated rings. The first-order valence-electron chi connectivity index (χ1n) is 7.58. The van der Waals surface area contributed by atoms with Crippen molar-refractivity contribution in [1.29, 1.82) is 5.26 Å². The van der Waals surface area contributed by atoms with Gasteiger partial charge < -0.3 is 15.4 Å². The molecule has 0 saturated carbocycles. The van der Waals surface area contributed by atoms with Crippen LogP contribution in [0.15, 0.2) is 0 Å². The average Bonchev–Trinajstić information content (AvgIpc) is 3.03. The predicted octanol–water partition coefficient (Wildman–Crippen LogP) is 2.27. The van der Waals surface area contributed by atoms with E-state index in [1.807, 2.05) is 13.8 Å². The Morgan fingerprint density at radius 2 is 2.19 bits per heavy atom. The molecule has 0 bridgehead atoms. The molecule has 1 aromatic rings. The summed E-state index contributed by atoms with van der Waals surface area (Å²) in [5.74, 6) is 0.706. The molecule has 2 N–H and O–H groups in total. The minimum Gasteiger partial charge on any atom is -0.486 e. The van der Waals surface area contributed by atoms with Crippen LogP contribution in [0.2, 0.25) is 0 Å². The fourth-order valence-corrected chi connectivity index (χ4v) is 4.22. The van der Waals surface area contributed by atoms with Crippen LogP contribution in [0.1, 0.15) is 31.6 Å². The number of ether oxygens (including phenoxy) is 1. The number of nitriles is 1. The molecular formula is C15H22N4OS. The second-order valence-electron chi connectivity index (χ2n) is 6.04. The number of piperazine rings is 1. The van der Waals surface area contributed by atoms with Crippen LogP contribution in [-0.4, -0.2) is 43.2 Å². The van der Waals surface area contributed by atoms with Crippen molar-refractivity contribution < 1.29 is 4.74 Å². The van der Waals surface area contributed by atoms with Gasteiger partial charge in [0.2, 0.25) is 0 Å². The van der Waals surface area contributed by atoms with Crippen LogP contribution < -0.4 is 15.4 Å². The molecule has 0 aliphatic carbocycles. The van der Waals surface area contributed by atoms with Crippen LogP contribution in [0.5, 0.6) is 5.75 Å². The van der Waals surface area contributed by atoms with Gasteiger partial charge >= 0.3 is 0 Å². The Hall–Kier alpha value is -1.45. The first-order valence-corrected chi connectivity index (χ1v) is 8.39. The summed E-state index contributed by atoms with van der Waals surface area (Å²) < 4.78 is 5.90. The predicted molar refractivity (Wildman–Crippen MR) is 86.0 cm³/mol. The van der Waals surface area contributed by atoms with Crippen molar-refractivity contribution in [3.05, 3.63) is 4.88 Å². The Labute approximate surface area is 129 Å². The quantitative estimate of drug-likeness (QED) is 0.928. The molecule has 0 radical (unpaired) electrons. The molecule has 21 heavy (non-hydrogen) atoms. The molecule has 0 spiro atoms. The van der Waals surface area contributed by atoms with Crippen molar-refractivity contribution in [2.75, 3.05) is 36.8 Å². The van der Waals surface area contributed by atoms with Crippen LogP contribution >= 0.6 is 11.3 Å². The lowest BCUT2D eigenvalue weighted by atomic mass is 10.1. The largest absolute Gasteiger partial charge is 0.486 e. The Morgan fingerprint density at radius 3 is 2.90 bits per heavy atom. The smallest absolute Gasteiger partial charge is 0.178 e.